The molecule has 1 heterocycles. The molecule has 0 spiro atoms. The van der Waals surface area contributed by atoms with Crippen LogP contribution in [0.25, 0.3) is 0 Å². The van der Waals surface area contributed by atoms with Crippen molar-refractivity contribution in [2.24, 2.45) is 0 Å². The molecule has 3 aromatic rings. The zero-order valence-electron chi connectivity index (χ0n) is 15.6. The summed E-state index contributed by atoms with van der Waals surface area (Å²) in [5.74, 6) is 0.370. The molecule has 0 atom stereocenters. The van der Waals surface area contributed by atoms with E-state index in [1.165, 1.54) is 4.68 Å². The Labute approximate surface area is 161 Å². The zero-order chi connectivity index (χ0) is 20.1. The minimum absolute atomic E-state index is 0.0623. The Kier molecular flexibility index (Phi) is 5.69. The van der Waals surface area contributed by atoms with E-state index < -0.39 is 4.92 Å². The fourth-order valence-electron chi connectivity index (χ4n) is 2.82. The van der Waals surface area contributed by atoms with E-state index >= 15 is 0 Å². The molecule has 0 aliphatic heterocycles. The molecule has 3 rings (SSSR count). The minimum atomic E-state index is -0.486. The van der Waals surface area contributed by atoms with Crippen LogP contribution in [0.3, 0.4) is 0 Å². The second-order valence-electron chi connectivity index (χ2n) is 6.28. The number of aromatic nitrogens is 2. The molecule has 0 fully saturated rings. The monoisotopic (exact) mass is 380 g/mol. The van der Waals surface area contributed by atoms with Crippen molar-refractivity contribution in [2.75, 3.05) is 5.32 Å². The molecule has 1 N–H and O–H groups in total. The molecule has 144 valence electrons. The number of carbonyl (C=O) groups excluding carboxylic acids is 1. The highest BCUT2D eigenvalue weighted by atomic mass is 16.6. The Bertz CT molecular complexity index is 981. The van der Waals surface area contributed by atoms with E-state index in [-0.39, 0.29) is 23.8 Å². The van der Waals surface area contributed by atoms with E-state index in [2.05, 4.69) is 10.4 Å². The van der Waals surface area contributed by atoms with Gasteiger partial charge in [-0.25, -0.2) is 0 Å². The van der Waals surface area contributed by atoms with Gasteiger partial charge in [0, 0.05) is 5.69 Å². The number of hydrogen-bond donors (Lipinski definition) is 1. The maximum Gasteiger partial charge on any atom is 0.312 e. The number of benzene rings is 2. The Morgan fingerprint density at radius 1 is 1.14 bits per heavy atom. The van der Waals surface area contributed by atoms with Crippen LogP contribution in [-0.4, -0.2) is 20.6 Å². The molecule has 0 aliphatic carbocycles. The molecule has 8 heteroatoms. The summed E-state index contributed by atoms with van der Waals surface area (Å²) in [6.45, 7) is 3.48. The molecular formula is C20H20N4O4. The smallest absolute Gasteiger partial charge is 0.312 e. The number of anilines is 1. The quantitative estimate of drug-likeness (QED) is 0.498. The van der Waals surface area contributed by atoms with Gasteiger partial charge in [0.25, 0.3) is 0 Å². The molecule has 1 aromatic heterocycles. The van der Waals surface area contributed by atoms with Crippen LogP contribution in [0.1, 0.15) is 17.0 Å². The van der Waals surface area contributed by atoms with Crippen molar-refractivity contribution in [1.82, 2.24) is 9.78 Å². The predicted octanol–water partition coefficient (Wildman–Crippen LogP) is 3.63. The van der Waals surface area contributed by atoms with E-state index in [9.17, 15) is 14.9 Å². The van der Waals surface area contributed by atoms with Gasteiger partial charge in [-0.3, -0.25) is 19.6 Å². The summed E-state index contributed by atoms with van der Waals surface area (Å²) >= 11 is 0. The third kappa shape index (κ3) is 4.53. The molecule has 0 aliphatic rings. The summed E-state index contributed by atoms with van der Waals surface area (Å²) in [5, 5.41) is 17.9. The Morgan fingerprint density at radius 3 is 2.43 bits per heavy atom. The lowest BCUT2D eigenvalue weighted by Gasteiger charge is -2.09. The summed E-state index contributed by atoms with van der Waals surface area (Å²) in [6.07, 6.45) is 0. The first kappa shape index (κ1) is 19.1. The van der Waals surface area contributed by atoms with Gasteiger partial charge in [-0.1, -0.05) is 30.3 Å². The van der Waals surface area contributed by atoms with Gasteiger partial charge >= 0.3 is 5.69 Å². The van der Waals surface area contributed by atoms with Crippen LogP contribution >= 0.6 is 0 Å². The van der Waals surface area contributed by atoms with E-state index in [1.807, 2.05) is 30.3 Å². The van der Waals surface area contributed by atoms with Crippen LogP contribution in [0.5, 0.6) is 5.75 Å². The van der Waals surface area contributed by atoms with Gasteiger partial charge in [0.05, 0.1) is 4.92 Å². The maximum absolute atomic E-state index is 12.2. The molecule has 0 saturated heterocycles. The van der Waals surface area contributed by atoms with Crippen LogP contribution in [-0.2, 0) is 17.9 Å². The summed E-state index contributed by atoms with van der Waals surface area (Å²) in [6, 6.07) is 16.8. The van der Waals surface area contributed by atoms with Gasteiger partial charge in [0.2, 0.25) is 5.91 Å². The molecule has 0 unspecified atom stereocenters. The number of amides is 1. The molecule has 0 saturated carbocycles. The van der Waals surface area contributed by atoms with Gasteiger partial charge in [-0.2, -0.15) is 5.10 Å². The number of ether oxygens (including phenoxy) is 1. The number of nitrogens with zero attached hydrogens (tertiary/aromatic N) is 3. The van der Waals surface area contributed by atoms with E-state index in [4.69, 9.17) is 4.74 Å². The second kappa shape index (κ2) is 8.34. The Hall–Kier alpha value is -3.68. The Balaban J connectivity index is 1.57. The fourth-order valence-corrected chi connectivity index (χ4v) is 2.82. The summed E-state index contributed by atoms with van der Waals surface area (Å²) in [5.41, 5.74) is 2.25. The van der Waals surface area contributed by atoms with Gasteiger partial charge in [0.1, 0.15) is 30.3 Å². The fraction of sp³-hybridized carbons (Fsp3) is 0.200. The van der Waals surface area contributed by atoms with Crippen LogP contribution in [0.15, 0.2) is 54.6 Å². The van der Waals surface area contributed by atoms with Crippen LogP contribution < -0.4 is 10.1 Å². The molecule has 0 radical (unpaired) electrons. The average Bonchev–Trinajstić information content (AvgIpc) is 2.95. The van der Waals surface area contributed by atoms with Crippen molar-refractivity contribution in [3.8, 4) is 5.75 Å². The molecule has 28 heavy (non-hydrogen) atoms. The van der Waals surface area contributed by atoms with Crippen molar-refractivity contribution in [3.05, 3.63) is 81.7 Å². The topological polar surface area (TPSA) is 99.3 Å². The largest absolute Gasteiger partial charge is 0.489 e. The highest BCUT2D eigenvalue weighted by molar-refractivity contribution is 5.90. The van der Waals surface area contributed by atoms with Gasteiger partial charge in [0.15, 0.2) is 0 Å². The van der Waals surface area contributed by atoms with Gasteiger partial charge in [-0.05, 0) is 43.7 Å². The van der Waals surface area contributed by atoms with Crippen LogP contribution in [0.4, 0.5) is 11.4 Å². The van der Waals surface area contributed by atoms with Crippen molar-refractivity contribution < 1.29 is 14.5 Å². The first-order valence-electron chi connectivity index (χ1n) is 8.69. The van der Waals surface area contributed by atoms with Gasteiger partial charge in [-0.15, -0.1) is 0 Å². The van der Waals surface area contributed by atoms with Crippen molar-refractivity contribution in [2.45, 2.75) is 27.0 Å². The third-order valence-electron chi connectivity index (χ3n) is 4.21. The predicted molar refractivity (Wildman–Crippen MR) is 104 cm³/mol. The van der Waals surface area contributed by atoms with Crippen LogP contribution in [0, 0.1) is 24.0 Å². The van der Waals surface area contributed by atoms with E-state index in [0.717, 1.165) is 5.56 Å². The third-order valence-corrected chi connectivity index (χ3v) is 4.21. The van der Waals surface area contributed by atoms with Crippen molar-refractivity contribution >= 4 is 17.3 Å². The lowest BCUT2D eigenvalue weighted by atomic mass is 10.2. The molecule has 2 aromatic carbocycles. The summed E-state index contributed by atoms with van der Waals surface area (Å²) in [4.78, 5) is 22.8. The second-order valence-corrected chi connectivity index (χ2v) is 6.28. The van der Waals surface area contributed by atoms with Gasteiger partial charge < -0.3 is 10.1 Å². The zero-order valence-corrected chi connectivity index (χ0v) is 15.6. The number of hydrogen-bond acceptors (Lipinski definition) is 5. The number of nitro groups is 1. The number of rotatable bonds is 7. The minimum Gasteiger partial charge on any atom is -0.489 e. The first-order chi connectivity index (χ1) is 13.4. The normalized spacial score (nSPS) is 10.5. The summed E-state index contributed by atoms with van der Waals surface area (Å²) < 4.78 is 7.04. The lowest BCUT2D eigenvalue weighted by molar-refractivity contribution is -0.386. The average molecular weight is 380 g/mol. The molecular weight excluding hydrogens is 360 g/mol. The molecule has 8 nitrogen and oxygen atoms in total. The highest BCUT2D eigenvalue weighted by Gasteiger charge is 2.22. The highest BCUT2D eigenvalue weighted by Crippen LogP contribution is 2.22. The number of aryl methyl sites for hydroxylation is 1. The first-order valence-corrected chi connectivity index (χ1v) is 8.69. The van der Waals surface area contributed by atoms with E-state index in [1.54, 1.807) is 38.1 Å². The number of carbonyl (C=O) groups is 1. The molecule has 0 bridgehead atoms. The summed E-state index contributed by atoms with van der Waals surface area (Å²) in [7, 11) is 0. The van der Waals surface area contributed by atoms with Crippen molar-refractivity contribution in [3.63, 3.8) is 0 Å². The Morgan fingerprint density at radius 2 is 1.82 bits per heavy atom. The standard InChI is InChI=1S/C20H20N4O4/c1-14-20(24(26)27)15(2)23(22-14)12-19(25)21-17-8-10-18(11-9-17)28-13-16-6-4-3-5-7-16/h3-11H,12-13H2,1-2H3,(H,21,25). The van der Waals surface area contributed by atoms with Crippen LogP contribution in [0.2, 0.25) is 0 Å². The number of nitrogens with one attached hydrogen (secondary N) is 1. The maximum atomic E-state index is 12.2. The molecule has 1 amide bonds. The SMILES string of the molecule is Cc1nn(CC(=O)Nc2ccc(OCc3ccccc3)cc2)c(C)c1[N+](=O)[O-]. The van der Waals surface area contributed by atoms with Crippen molar-refractivity contribution in [1.29, 1.82) is 0 Å². The van der Waals surface area contributed by atoms with E-state index in [0.29, 0.717) is 23.7 Å². The lowest BCUT2D eigenvalue weighted by Crippen LogP contribution is -2.20.